The number of phosphoric acid groups is 1. The van der Waals surface area contributed by atoms with Crippen molar-refractivity contribution in [3.63, 3.8) is 0 Å². The minimum Gasteiger partial charge on any atom is -0.379 e. The first-order valence-electron chi connectivity index (χ1n) is 25.7. The van der Waals surface area contributed by atoms with Gasteiger partial charge in [0.15, 0.2) is 0 Å². The molecule has 4 rings (SSSR count). The monoisotopic (exact) mass is 1070 g/mol. The molecule has 1 aliphatic rings. The van der Waals surface area contributed by atoms with Crippen molar-refractivity contribution in [1.82, 2.24) is 25.3 Å². The van der Waals surface area contributed by atoms with Gasteiger partial charge < -0.3 is 34.8 Å². The zero-order valence-electron chi connectivity index (χ0n) is 45.5. The van der Waals surface area contributed by atoms with Crippen LogP contribution in [0.15, 0.2) is 91.0 Å². The van der Waals surface area contributed by atoms with E-state index < -0.39 is 104 Å². The number of methoxy groups -OCH3 is 2. The van der Waals surface area contributed by atoms with Gasteiger partial charge in [-0.3, -0.25) is 37.5 Å². The number of ether oxygens (including phenoxy) is 2. The molecule has 1 heterocycles. The maximum atomic E-state index is 14.6. The number of likely N-dealkylation sites (N-methyl/N-ethyl adjacent to an activating group) is 2. The summed E-state index contributed by atoms with van der Waals surface area (Å²) in [5.74, 6) is -6.70. The van der Waals surface area contributed by atoms with Crippen molar-refractivity contribution in [3.05, 3.63) is 108 Å². The molecule has 75 heavy (non-hydrogen) atoms. The summed E-state index contributed by atoms with van der Waals surface area (Å²) in [6.07, 6.45) is -6.32. The van der Waals surface area contributed by atoms with Gasteiger partial charge in [-0.2, -0.15) is 13.2 Å². The molecule has 3 aromatic carbocycles. The molecule has 5 amide bonds. The molecule has 20 heteroatoms. The fourth-order valence-electron chi connectivity index (χ4n) is 9.74. The number of amides is 5. The third-order valence-corrected chi connectivity index (χ3v) is 15.4. The Balaban J connectivity index is 1.53. The van der Waals surface area contributed by atoms with Gasteiger partial charge in [-0.05, 0) is 54.2 Å². The molecule has 1 aliphatic heterocycles. The average Bonchev–Trinajstić information content (AvgIpc) is 3.88. The van der Waals surface area contributed by atoms with Gasteiger partial charge in [-0.15, -0.1) is 0 Å². The number of halogens is 3. The van der Waals surface area contributed by atoms with E-state index in [4.69, 9.17) is 23.0 Å². The van der Waals surface area contributed by atoms with E-state index in [1.54, 1.807) is 63.9 Å². The first kappa shape index (κ1) is 62.4. The molecule has 1 fully saturated rings. The molecule has 416 valence electrons. The highest BCUT2D eigenvalue weighted by atomic mass is 31.2. The van der Waals surface area contributed by atoms with E-state index in [0.29, 0.717) is 36.3 Å². The first-order valence-corrected chi connectivity index (χ1v) is 27.1. The molecule has 0 unspecified atom stereocenters. The van der Waals surface area contributed by atoms with Gasteiger partial charge in [-0.1, -0.05) is 146 Å². The number of nitrogens with zero attached hydrogens (tertiary/aromatic N) is 3. The van der Waals surface area contributed by atoms with E-state index in [9.17, 15) is 41.7 Å². The number of carbonyl (C=O) groups excluding carboxylic acids is 5. The molecule has 0 aromatic heterocycles. The van der Waals surface area contributed by atoms with Crippen LogP contribution in [0.25, 0.3) is 0 Å². The van der Waals surface area contributed by atoms with Crippen LogP contribution < -0.4 is 10.6 Å². The summed E-state index contributed by atoms with van der Waals surface area (Å²) in [5.41, 5.74) is 2.09. The second-order valence-electron chi connectivity index (χ2n) is 20.1. The number of alkyl halides is 3. The number of likely N-dealkylation sites (tertiary alicyclic amines) is 1. The summed E-state index contributed by atoms with van der Waals surface area (Å²) in [5, 5.41) is 5.70. The van der Waals surface area contributed by atoms with Gasteiger partial charge in [0.05, 0.1) is 55.9 Å². The molecule has 1 saturated heterocycles. The van der Waals surface area contributed by atoms with Crippen molar-refractivity contribution in [3.8, 4) is 0 Å². The quantitative estimate of drug-likeness (QED) is 0.0663. The summed E-state index contributed by atoms with van der Waals surface area (Å²) >= 11 is 0. The van der Waals surface area contributed by atoms with E-state index in [1.165, 1.54) is 33.0 Å². The van der Waals surface area contributed by atoms with Crippen LogP contribution in [-0.2, 0) is 64.8 Å². The number of nitrogens with one attached hydrogen (secondary N) is 2. The summed E-state index contributed by atoms with van der Waals surface area (Å²) in [6.45, 7) is 13.9. The third kappa shape index (κ3) is 17.2. The predicted octanol–water partition coefficient (Wildman–Crippen LogP) is 8.90. The van der Waals surface area contributed by atoms with Crippen LogP contribution in [0, 0.1) is 23.7 Å². The summed E-state index contributed by atoms with van der Waals surface area (Å²) < 4.78 is 85.4. The highest BCUT2D eigenvalue weighted by Gasteiger charge is 2.47. The van der Waals surface area contributed by atoms with E-state index in [-0.39, 0.29) is 31.5 Å². The molecule has 0 bridgehead atoms. The Morgan fingerprint density at radius 1 is 0.747 bits per heavy atom. The standard InChI is InChI=1S/C55H79F3N5O11P/c1-13-37(6)48(61(9)53(67)46(35(2)3)60-52(66)47(36(4)5)62(10)54(68)55(56,57)58)44(70-11)32-45(64)63-31-23-30-43(63)49(71-12)38(7)51(65)59-39(8)50(42-28-21-16-22-29-42)74-75(69,72-33-40-24-17-14-18-25-40)73-34-41-26-19-15-20-27-41/h14-22,24-29,35-39,43-44,46-50H,13,23,30-34H2,1-12H3,(H,59,65)(H,60,66)/t37-,38+,39+,43-,44+,46-,47-,48-,49+,50+/m0/s1. The van der Waals surface area contributed by atoms with Crippen molar-refractivity contribution in [2.24, 2.45) is 23.7 Å². The van der Waals surface area contributed by atoms with Crippen LogP contribution in [0.5, 0.6) is 0 Å². The van der Waals surface area contributed by atoms with E-state index in [1.807, 2.05) is 80.6 Å². The Kier molecular flexibility index (Phi) is 24.0. The molecule has 0 saturated carbocycles. The summed E-state index contributed by atoms with van der Waals surface area (Å²) in [6, 6.07) is 22.6. The lowest BCUT2D eigenvalue weighted by Gasteiger charge is -2.41. The lowest BCUT2D eigenvalue weighted by atomic mass is 9.89. The van der Waals surface area contributed by atoms with Crippen molar-refractivity contribution in [2.45, 2.75) is 149 Å². The molecule has 3 aromatic rings. The zero-order valence-corrected chi connectivity index (χ0v) is 46.3. The molecule has 0 spiro atoms. The predicted molar refractivity (Wildman–Crippen MR) is 278 cm³/mol. The normalized spacial score (nSPS) is 17.8. The summed E-state index contributed by atoms with van der Waals surface area (Å²) in [4.78, 5) is 72.8. The average molecular weight is 1070 g/mol. The van der Waals surface area contributed by atoms with Crippen molar-refractivity contribution in [1.29, 1.82) is 0 Å². The fraction of sp³-hybridized carbons (Fsp3) is 0.582. The third-order valence-electron chi connectivity index (χ3n) is 14.0. The van der Waals surface area contributed by atoms with Crippen LogP contribution in [0.1, 0.15) is 104 Å². The Morgan fingerprint density at radius 2 is 1.28 bits per heavy atom. The van der Waals surface area contributed by atoms with Crippen LogP contribution in [0.4, 0.5) is 13.2 Å². The smallest absolute Gasteiger partial charge is 0.379 e. The Morgan fingerprint density at radius 3 is 1.75 bits per heavy atom. The second kappa shape index (κ2) is 28.8. The van der Waals surface area contributed by atoms with Crippen LogP contribution in [0.3, 0.4) is 0 Å². The maximum Gasteiger partial charge on any atom is 0.476 e. The lowest BCUT2D eigenvalue weighted by Crippen LogP contribution is -2.61. The van der Waals surface area contributed by atoms with E-state index >= 15 is 0 Å². The molecule has 2 N–H and O–H groups in total. The Bertz CT molecular complexity index is 2290. The van der Waals surface area contributed by atoms with Gasteiger partial charge >= 0.3 is 19.9 Å². The summed E-state index contributed by atoms with van der Waals surface area (Å²) in [7, 11) is 1.03. The maximum absolute atomic E-state index is 14.6. The number of hydrogen-bond donors (Lipinski definition) is 2. The molecular formula is C55H79F3N5O11P. The Labute approximate surface area is 441 Å². The van der Waals surface area contributed by atoms with Gasteiger partial charge in [0.1, 0.15) is 18.2 Å². The molecular weight excluding hydrogens is 995 g/mol. The van der Waals surface area contributed by atoms with Crippen molar-refractivity contribution >= 4 is 37.4 Å². The van der Waals surface area contributed by atoms with Gasteiger partial charge in [0.25, 0.3) is 0 Å². The Hall–Kier alpha value is -5.17. The number of hydrogen-bond acceptors (Lipinski definition) is 11. The highest BCUT2D eigenvalue weighted by molar-refractivity contribution is 7.48. The second-order valence-corrected chi connectivity index (χ2v) is 21.7. The van der Waals surface area contributed by atoms with Gasteiger partial charge in [-0.25, -0.2) is 4.57 Å². The van der Waals surface area contributed by atoms with Crippen molar-refractivity contribution < 1.29 is 64.8 Å². The molecule has 0 radical (unpaired) electrons. The molecule has 0 aliphatic carbocycles. The van der Waals surface area contributed by atoms with Crippen molar-refractivity contribution in [2.75, 3.05) is 34.9 Å². The number of phosphoric ester groups is 1. The largest absolute Gasteiger partial charge is 0.476 e. The molecule has 10 atom stereocenters. The van der Waals surface area contributed by atoms with Crippen LogP contribution in [0.2, 0.25) is 0 Å². The zero-order chi connectivity index (χ0) is 55.8. The van der Waals surface area contributed by atoms with Gasteiger partial charge in [0, 0.05) is 34.9 Å². The van der Waals surface area contributed by atoms with Gasteiger partial charge in [0.2, 0.25) is 23.6 Å². The SMILES string of the molecule is CC[C@H](C)[C@@H]([C@@H](CC(=O)N1CCC[C@H]1[C@H](OC)[C@@H](C)C(=O)N[C@H](C)[C@@H](OP(=O)(OCc1ccccc1)OCc1ccccc1)c1ccccc1)OC)N(C)C(=O)[C@@H](NC(=O)[C@H](C(C)C)N(C)C(=O)C(F)(F)F)C(C)C. The van der Waals surface area contributed by atoms with E-state index in [0.717, 1.165) is 18.2 Å². The van der Waals surface area contributed by atoms with Crippen LogP contribution in [-0.4, -0.2) is 128 Å². The van der Waals surface area contributed by atoms with Crippen LogP contribution >= 0.6 is 7.82 Å². The molecule has 16 nitrogen and oxygen atoms in total. The highest BCUT2D eigenvalue weighted by Crippen LogP contribution is 2.55. The van der Waals surface area contributed by atoms with E-state index in [2.05, 4.69) is 10.6 Å². The topological polar surface area (TPSA) is 182 Å². The number of benzene rings is 3. The first-order chi connectivity index (χ1) is 35.4. The minimum atomic E-state index is -5.21. The number of carbonyl (C=O) groups is 5. The number of rotatable bonds is 28. The lowest BCUT2D eigenvalue weighted by molar-refractivity contribution is -0.187. The fourth-order valence-corrected chi connectivity index (χ4v) is 11.1. The minimum absolute atomic E-state index is 0.0734.